The summed E-state index contributed by atoms with van der Waals surface area (Å²) in [6, 6.07) is 12.5. The summed E-state index contributed by atoms with van der Waals surface area (Å²) >= 11 is 10.8. The Kier molecular flexibility index (Phi) is 5.90. The molecule has 0 aliphatic rings. The van der Waals surface area contributed by atoms with Crippen LogP contribution in [0.4, 0.5) is 4.39 Å². The topological polar surface area (TPSA) is 20.2 Å². The molecule has 0 fully saturated rings. The largest absolute Gasteiger partial charge is 0.392 e. The van der Waals surface area contributed by atoms with E-state index in [1.54, 1.807) is 23.9 Å². The molecule has 0 spiro atoms. The summed E-state index contributed by atoms with van der Waals surface area (Å²) in [5.74, 6) is 0.0829. The minimum Gasteiger partial charge on any atom is -0.392 e. The minimum atomic E-state index is -0.571. The van der Waals surface area contributed by atoms with Crippen LogP contribution in [0.5, 0.6) is 0 Å². The maximum atomic E-state index is 13.3. The highest BCUT2D eigenvalue weighted by Crippen LogP contribution is 2.25. The number of aliphatic hydroxyl groups excluding tert-OH is 1. The molecule has 0 saturated heterocycles. The molecule has 2 aromatic rings. The smallest absolute Gasteiger partial charge is 0.142 e. The van der Waals surface area contributed by atoms with Crippen LogP contribution in [0, 0.1) is 5.82 Å². The van der Waals surface area contributed by atoms with Gasteiger partial charge in [0.05, 0.1) is 11.1 Å². The van der Waals surface area contributed by atoms with Gasteiger partial charge in [-0.25, -0.2) is 4.39 Å². The fourth-order valence-corrected chi connectivity index (χ4v) is 3.41. The SMILES string of the molecule is OC(CSc1cccc(Br)c1)Cc1cccc(F)c1Cl. The molecule has 1 nitrogen and oxygen atoms in total. The van der Waals surface area contributed by atoms with Crippen LogP contribution in [-0.4, -0.2) is 17.0 Å². The van der Waals surface area contributed by atoms with Crippen LogP contribution in [0.25, 0.3) is 0 Å². The van der Waals surface area contributed by atoms with Gasteiger partial charge in [0.25, 0.3) is 0 Å². The highest BCUT2D eigenvalue weighted by Gasteiger charge is 2.11. The van der Waals surface area contributed by atoms with Gasteiger partial charge < -0.3 is 5.11 Å². The van der Waals surface area contributed by atoms with E-state index < -0.39 is 11.9 Å². The quantitative estimate of drug-likeness (QED) is 0.747. The van der Waals surface area contributed by atoms with Crippen LogP contribution < -0.4 is 0 Å². The van der Waals surface area contributed by atoms with Crippen molar-refractivity contribution < 1.29 is 9.50 Å². The number of hydrogen-bond acceptors (Lipinski definition) is 2. The van der Waals surface area contributed by atoms with Crippen LogP contribution >= 0.6 is 39.3 Å². The molecule has 1 unspecified atom stereocenters. The molecule has 0 bridgehead atoms. The summed E-state index contributed by atoms with van der Waals surface area (Å²) in [6.45, 7) is 0. The summed E-state index contributed by atoms with van der Waals surface area (Å²) in [4.78, 5) is 1.07. The predicted octanol–water partition coefficient (Wildman–Crippen LogP) is 4.94. The number of thioether (sulfide) groups is 1. The lowest BCUT2D eigenvalue weighted by molar-refractivity contribution is 0.200. The first-order valence-electron chi connectivity index (χ1n) is 6.05. The number of halogens is 3. The first-order valence-corrected chi connectivity index (χ1v) is 8.21. The van der Waals surface area contributed by atoms with Crippen molar-refractivity contribution in [3.63, 3.8) is 0 Å². The molecular weight excluding hydrogens is 363 g/mol. The van der Waals surface area contributed by atoms with E-state index >= 15 is 0 Å². The first kappa shape index (κ1) is 15.8. The molecule has 0 radical (unpaired) electrons. The summed E-state index contributed by atoms with van der Waals surface area (Å²) in [7, 11) is 0. The second-order valence-electron chi connectivity index (χ2n) is 4.34. The van der Waals surface area contributed by atoms with Crippen molar-refractivity contribution in [3.8, 4) is 0 Å². The van der Waals surface area contributed by atoms with E-state index in [-0.39, 0.29) is 5.02 Å². The number of hydrogen-bond donors (Lipinski definition) is 1. The third kappa shape index (κ3) is 4.48. The van der Waals surface area contributed by atoms with E-state index in [0.29, 0.717) is 17.7 Å². The van der Waals surface area contributed by atoms with Crippen molar-refractivity contribution in [2.24, 2.45) is 0 Å². The van der Waals surface area contributed by atoms with Gasteiger partial charge >= 0.3 is 0 Å². The highest BCUT2D eigenvalue weighted by atomic mass is 79.9. The number of rotatable bonds is 5. The summed E-state index contributed by atoms with van der Waals surface area (Å²) in [5.41, 5.74) is 0.633. The molecule has 0 aromatic heterocycles. The zero-order valence-electron chi connectivity index (χ0n) is 10.5. The van der Waals surface area contributed by atoms with Gasteiger partial charge in [-0.05, 0) is 29.8 Å². The molecule has 0 amide bonds. The Morgan fingerprint density at radius 3 is 2.75 bits per heavy atom. The Labute approximate surface area is 135 Å². The van der Waals surface area contributed by atoms with Crippen LogP contribution in [0.2, 0.25) is 5.02 Å². The molecule has 1 N–H and O–H groups in total. The van der Waals surface area contributed by atoms with Crippen molar-refractivity contribution in [2.75, 3.05) is 5.75 Å². The zero-order valence-corrected chi connectivity index (χ0v) is 13.7. The van der Waals surface area contributed by atoms with Crippen molar-refractivity contribution in [2.45, 2.75) is 17.4 Å². The number of aliphatic hydroxyl groups is 1. The van der Waals surface area contributed by atoms with E-state index in [4.69, 9.17) is 11.6 Å². The molecular formula is C15H13BrClFOS. The molecule has 20 heavy (non-hydrogen) atoms. The molecule has 0 saturated carbocycles. The standard InChI is InChI=1S/C15H13BrClFOS/c16-11-4-2-5-13(8-11)20-9-12(19)7-10-3-1-6-14(18)15(10)17/h1-6,8,12,19H,7,9H2. The average molecular weight is 376 g/mol. The molecule has 2 aromatic carbocycles. The molecule has 0 aliphatic carbocycles. The van der Waals surface area contributed by atoms with Crippen molar-refractivity contribution in [1.82, 2.24) is 0 Å². The summed E-state index contributed by atoms with van der Waals surface area (Å²) < 4.78 is 14.3. The lowest BCUT2D eigenvalue weighted by Gasteiger charge is -2.12. The maximum absolute atomic E-state index is 13.3. The zero-order chi connectivity index (χ0) is 14.5. The minimum absolute atomic E-state index is 0.0963. The van der Waals surface area contributed by atoms with Gasteiger partial charge in [0.1, 0.15) is 5.82 Å². The molecule has 106 valence electrons. The van der Waals surface area contributed by atoms with E-state index in [0.717, 1.165) is 9.37 Å². The van der Waals surface area contributed by atoms with E-state index in [1.807, 2.05) is 24.3 Å². The van der Waals surface area contributed by atoms with Gasteiger partial charge in [-0.3, -0.25) is 0 Å². The van der Waals surface area contributed by atoms with Crippen molar-refractivity contribution in [1.29, 1.82) is 0 Å². The summed E-state index contributed by atoms with van der Waals surface area (Å²) in [5, 5.41) is 10.1. The Morgan fingerprint density at radius 1 is 1.25 bits per heavy atom. The Balaban J connectivity index is 1.92. The van der Waals surface area contributed by atoms with Gasteiger partial charge in [0.15, 0.2) is 0 Å². The molecule has 0 aliphatic heterocycles. The molecule has 1 atom stereocenters. The van der Waals surface area contributed by atoms with Gasteiger partial charge in [0.2, 0.25) is 0 Å². The highest BCUT2D eigenvalue weighted by molar-refractivity contribution is 9.10. The van der Waals surface area contributed by atoms with Gasteiger partial charge in [-0.2, -0.15) is 0 Å². The van der Waals surface area contributed by atoms with Crippen molar-refractivity contribution in [3.05, 3.63) is 63.3 Å². The Bertz CT molecular complexity index is 594. The molecule has 0 heterocycles. The van der Waals surface area contributed by atoms with Gasteiger partial charge in [-0.15, -0.1) is 11.8 Å². The first-order chi connectivity index (χ1) is 9.56. The lowest BCUT2D eigenvalue weighted by Crippen LogP contribution is -2.14. The maximum Gasteiger partial charge on any atom is 0.142 e. The van der Waals surface area contributed by atoms with Crippen LogP contribution in [0.3, 0.4) is 0 Å². The van der Waals surface area contributed by atoms with Gasteiger partial charge in [-0.1, -0.05) is 45.7 Å². The van der Waals surface area contributed by atoms with Crippen LogP contribution in [0.15, 0.2) is 51.8 Å². The third-order valence-corrected chi connectivity index (χ3v) is 4.78. The monoisotopic (exact) mass is 374 g/mol. The Morgan fingerprint density at radius 2 is 2.00 bits per heavy atom. The normalized spacial score (nSPS) is 12.4. The van der Waals surface area contributed by atoms with Crippen molar-refractivity contribution >= 4 is 39.3 Å². The predicted molar refractivity (Wildman–Crippen MR) is 86.0 cm³/mol. The van der Waals surface area contributed by atoms with E-state index in [2.05, 4.69) is 15.9 Å². The molecule has 2 rings (SSSR count). The Hall–Kier alpha value is -0.550. The average Bonchev–Trinajstić information content (AvgIpc) is 2.42. The van der Waals surface area contributed by atoms with Gasteiger partial charge in [0, 0.05) is 21.5 Å². The second-order valence-corrected chi connectivity index (χ2v) is 6.73. The molecule has 5 heteroatoms. The van der Waals surface area contributed by atoms with E-state index in [9.17, 15) is 9.50 Å². The second kappa shape index (κ2) is 7.46. The fourth-order valence-electron chi connectivity index (χ4n) is 1.77. The number of benzene rings is 2. The van der Waals surface area contributed by atoms with Crippen LogP contribution in [0.1, 0.15) is 5.56 Å². The lowest BCUT2D eigenvalue weighted by atomic mass is 10.1. The fraction of sp³-hybridized carbons (Fsp3) is 0.200. The van der Waals surface area contributed by atoms with Crippen LogP contribution in [-0.2, 0) is 6.42 Å². The van der Waals surface area contributed by atoms with E-state index in [1.165, 1.54) is 6.07 Å². The summed E-state index contributed by atoms with van der Waals surface area (Å²) in [6.07, 6.45) is -0.226. The third-order valence-electron chi connectivity index (χ3n) is 2.73.